The number of hydrogen-bond donors (Lipinski definition) is 1. The molecular weight excluding hydrogens is 280 g/mol. The fourth-order valence-electron chi connectivity index (χ4n) is 2.18. The number of nitrogens with zero attached hydrogens (tertiary/aromatic N) is 2. The zero-order valence-corrected chi connectivity index (χ0v) is 14.0. The predicted molar refractivity (Wildman–Crippen MR) is 87.1 cm³/mol. The third-order valence-electron chi connectivity index (χ3n) is 3.59. The Hall–Kier alpha value is -1.30. The van der Waals surface area contributed by atoms with Crippen molar-refractivity contribution in [2.24, 2.45) is 10.2 Å². The third-order valence-corrected chi connectivity index (χ3v) is 5.30. The van der Waals surface area contributed by atoms with Gasteiger partial charge in [0.15, 0.2) is 5.54 Å². The maximum absolute atomic E-state index is 10.7. The molecule has 1 aromatic carbocycles. The van der Waals surface area contributed by atoms with Crippen LogP contribution in [0.1, 0.15) is 11.7 Å². The quantitative estimate of drug-likeness (QED) is 0.615. The van der Waals surface area contributed by atoms with E-state index >= 15 is 0 Å². The van der Waals surface area contributed by atoms with E-state index in [9.17, 15) is 5.11 Å². The summed E-state index contributed by atoms with van der Waals surface area (Å²) in [6, 6.07) is 10.7. The number of aliphatic hydroxyl groups excluding tert-OH is 1. The Morgan fingerprint density at radius 3 is 2.52 bits per heavy atom. The molecule has 0 fully saturated rings. The fourth-order valence-corrected chi connectivity index (χ4v) is 2.93. The van der Waals surface area contributed by atoms with Gasteiger partial charge in [0, 0.05) is 20.9 Å². The molecule has 2 atom stereocenters. The minimum atomic E-state index is -1.11. The molecule has 0 aliphatic carbocycles. The molecule has 1 heterocycles. The fraction of sp³-hybridized carbons (Fsp3) is 0.500. The van der Waals surface area contributed by atoms with E-state index < -0.39 is 19.7 Å². The summed E-state index contributed by atoms with van der Waals surface area (Å²) in [6.07, 6.45) is 2.72. The van der Waals surface area contributed by atoms with Gasteiger partial charge in [0.2, 0.25) is 0 Å². The standard InChI is InChI=1S/C16H24N2O2Si/c1-21(2,3)12-11-20-13-16(9-10-17-18-16)15(19)14-7-5-4-6-8-14/h4-10,15,19H,11-13H2,1-3H3. The molecular formula is C16H24N2O2Si. The van der Waals surface area contributed by atoms with Crippen molar-refractivity contribution in [2.75, 3.05) is 13.2 Å². The maximum Gasteiger partial charge on any atom is 0.155 e. The highest BCUT2D eigenvalue weighted by Crippen LogP contribution is 2.34. The van der Waals surface area contributed by atoms with Crippen LogP contribution in [0.4, 0.5) is 0 Å². The molecule has 21 heavy (non-hydrogen) atoms. The van der Waals surface area contributed by atoms with Gasteiger partial charge in [-0.1, -0.05) is 50.0 Å². The van der Waals surface area contributed by atoms with Crippen LogP contribution in [0.5, 0.6) is 0 Å². The van der Waals surface area contributed by atoms with Crippen LogP contribution in [-0.4, -0.2) is 31.9 Å². The van der Waals surface area contributed by atoms with Crippen LogP contribution in [0.15, 0.2) is 52.8 Å². The second kappa shape index (κ2) is 6.64. The van der Waals surface area contributed by atoms with Crippen molar-refractivity contribution in [1.82, 2.24) is 0 Å². The largest absolute Gasteiger partial charge is 0.385 e. The van der Waals surface area contributed by atoms with Crippen LogP contribution in [0, 0.1) is 0 Å². The van der Waals surface area contributed by atoms with Crippen LogP contribution >= 0.6 is 0 Å². The molecule has 5 heteroatoms. The summed E-state index contributed by atoms with van der Waals surface area (Å²) in [6.45, 7) is 8.02. The number of azo groups is 1. The Morgan fingerprint density at radius 1 is 1.24 bits per heavy atom. The predicted octanol–water partition coefficient (Wildman–Crippen LogP) is 3.79. The van der Waals surface area contributed by atoms with Crippen molar-refractivity contribution in [3.8, 4) is 0 Å². The first-order valence-corrected chi connectivity index (χ1v) is 11.0. The van der Waals surface area contributed by atoms with E-state index in [0.29, 0.717) is 13.2 Å². The van der Waals surface area contributed by atoms with Crippen LogP contribution in [0.3, 0.4) is 0 Å². The van der Waals surface area contributed by atoms with Crippen molar-refractivity contribution >= 4 is 8.07 Å². The van der Waals surface area contributed by atoms with Gasteiger partial charge in [0.25, 0.3) is 0 Å². The molecule has 0 saturated heterocycles. The van der Waals surface area contributed by atoms with Crippen molar-refractivity contribution in [2.45, 2.75) is 37.3 Å². The summed E-state index contributed by atoms with van der Waals surface area (Å²) < 4.78 is 5.81. The minimum absolute atomic E-state index is 0.355. The number of rotatable bonds is 7. The molecule has 1 aliphatic heterocycles. The molecule has 0 bridgehead atoms. The Morgan fingerprint density at radius 2 is 1.95 bits per heavy atom. The van der Waals surface area contributed by atoms with E-state index in [-0.39, 0.29) is 0 Å². The van der Waals surface area contributed by atoms with Crippen LogP contribution < -0.4 is 0 Å². The average molecular weight is 304 g/mol. The summed E-state index contributed by atoms with van der Waals surface area (Å²) in [5.41, 5.74) is 0.0395. The number of hydrogen-bond acceptors (Lipinski definition) is 4. The van der Waals surface area contributed by atoms with Gasteiger partial charge in [-0.2, -0.15) is 10.2 Å². The van der Waals surface area contributed by atoms with E-state index in [4.69, 9.17) is 4.74 Å². The summed E-state index contributed by atoms with van der Waals surface area (Å²) >= 11 is 0. The van der Waals surface area contributed by atoms with Gasteiger partial charge in [-0.05, 0) is 17.7 Å². The Labute approximate surface area is 127 Å². The summed E-state index contributed by atoms with van der Waals surface area (Å²) in [5, 5.41) is 18.8. The molecule has 1 N–H and O–H groups in total. The molecule has 2 rings (SSSR count). The summed E-state index contributed by atoms with van der Waals surface area (Å²) in [7, 11) is -1.11. The van der Waals surface area contributed by atoms with Gasteiger partial charge in [-0.25, -0.2) is 0 Å². The van der Waals surface area contributed by atoms with Crippen LogP contribution in [0.2, 0.25) is 25.7 Å². The molecule has 1 aromatic rings. The molecule has 114 valence electrons. The normalized spacial score (nSPS) is 22.7. The highest BCUT2D eigenvalue weighted by Gasteiger charge is 2.39. The topological polar surface area (TPSA) is 54.2 Å². The summed E-state index contributed by atoms with van der Waals surface area (Å²) in [4.78, 5) is 0. The van der Waals surface area contributed by atoms with Crippen molar-refractivity contribution in [1.29, 1.82) is 0 Å². The Balaban J connectivity index is 2.01. The zero-order valence-electron chi connectivity index (χ0n) is 13.0. The number of benzene rings is 1. The van der Waals surface area contributed by atoms with E-state index in [1.54, 1.807) is 6.20 Å². The van der Waals surface area contributed by atoms with E-state index in [0.717, 1.165) is 11.6 Å². The lowest BCUT2D eigenvalue weighted by atomic mass is 9.89. The smallest absolute Gasteiger partial charge is 0.155 e. The molecule has 0 saturated carbocycles. The first kappa shape index (κ1) is 16.1. The molecule has 0 spiro atoms. The SMILES string of the molecule is C[Si](C)(C)CCOCC1(C(O)c2ccccc2)C=CN=N1. The molecule has 2 unspecified atom stereocenters. The van der Waals surface area contributed by atoms with Gasteiger partial charge in [-0.15, -0.1) is 0 Å². The maximum atomic E-state index is 10.7. The minimum Gasteiger partial charge on any atom is -0.385 e. The second-order valence-corrected chi connectivity index (χ2v) is 12.3. The van der Waals surface area contributed by atoms with Gasteiger partial charge >= 0.3 is 0 Å². The van der Waals surface area contributed by atoms with Gasteiger partial charge < -0.3 is 9.84 Å². The van der Waals surface area contributed by atoms with Gasteiger partial charge in [0.1, 0.15) is 6.10 Å². The van der Waals surface area contributed by atoms with E-state index in [1.807, 2.05) is 36.4 Å². The Kier molecular flexibility index (Phi) is 5.08. The van der Waals surface area contributed by atoms with E-state index in [1.165, 1.54) is 0 Å². The highest BCUT2D eigenvalue weighted by atomic mass is 28.3. The van der Waals surface area contributed by atoms with Crippen LogP contribution in [-0.2, 0) is 4.74 Å². The van der Waals surface area contributed by atoms with Gasteiger partial charge in [-0.3, -0.25) is 0 Å². The van der Waals surface area contributed by atoms with E-state index in [2.05, 4.69) is 29.9 Å². The van der Waals surface area contributed by atoms with Crippen molar-refractivity contribution < 1.29 is 9.84 Å². The van der Waals surface area contributed by atoms with Crippen molar-refractivity contribution in [3.63, 3.8) is 0 Å². The Bertz CT molecular complexity index is 497. The molecule has 0 amide bonds. The van der Waals surface area contributed by atoms with Crippen LogP contribution in [0.25, 0.3) is 0 Å². The molecule has 1 aliphatic rings. The lowest BCUT2D eigenvalue weighted by molar-refractivity contribution is 0.0340. The average Bonchev–Trinajstić information content (AvgIpc) is 2.93. The lowest BCUT2D eigenvalue weighted by Crippen LogP contribution is -2.37. The first-order valence-electron chi connectivity index (χ1n) is 7.33. The molecule has 4 nitrogen and oxygen atoms in total. The lowest BCUT2D eigenvalue weighted by Gasteiger charge is -2.29. The van der Waals surface area contributed by atoms with Crippen molar-refractivity contribution in [3.05, 3.63) is 48.2 Å². The van der Waals surface area contributed by atoms with Gasteiger partial charge in [0.05, 0.1) is 6.61 Å². The number of aliphatic hydroxyl groups is 1. The molecule has 0 radical (unpaired) electrons. The summed E-state index contributed by atoms with van der Waals surface area (Å²) in [5.74, 6) is 0. The third kappa shape index (κ3) is 4.33. The second-order valence-electron chi connectivity index (χ2n) is 6.70. The molecule has 0 aromatic heterocycles. The highest BCUT2D eigenvalue weighted by molar-refractivity contribution is 6.76. The zero-order chi connectivity index (χ0) is 15.3. The number of ether oxygens (including phenoxy) is 1. The first-order chi connectivity index (χ1) is 9.93. The monoisotopic (exact) mass is 304 g/mol.